The minimum Gasteiger partial charge on any atom is -0.372 e. The molecule has 0 spiro atoms. The minimum atomic E-state index is -0.409. The Morgan fingerprint density at radius 1 is 0.600 bits per heavy atom. The van der Waals surface area contributed by atoms with Crippen LogP contribution in [-0.2, 0) is 0 Å². The van der Waals surface area contributed by atoms with Crippen molar-refractivity contribution in [2.45, 2.75) is 27.7 Å². The Hall–Kier alpha value is -4.22. The fourth-order valence-electron chi connectivity index (χ4n) is 3.84. The van der Waals surface area contributed by atoms with E-state index in [9.17, 15) is 10.1 Å². The van der Waals surface area contributed by atoms with Crippen LogP contribution in [0.25, 0.3) is 0 Å². The van der Waals surface area contributed by atoms with E-state index < -0.39 is 4.92 Å². The molecule has 0 aliphatic heterocycles. The second-order valence-electron chi connectivity index (χ2n) is 7.96. The molecule has 0 unspecified atom stereocenters. The van der Waals surface area contributed by atoms with E-state index in [0.29, 0.717) is 11.1 Å². The molecule has 0 aliphatic rings. The van der Waals surface area contributed by atoms with Gasteiger partial charge in [-0.1, -0.05) is 23.7 Å². The Kier molecular flexibility index (Phi) is 8.93. The second-order valence-corrected chi connectivity index (χ2v) is 7.96. The maximum atomic E-state index is 11.5. The van der Waals surface area contributed by atoms with Crippen molar-refractivity contribution in [2.75, 3.05) is 36.0 Å². The molecule has 0 bridgehead atoms. The number of anilines is 2. The van der Waals surface area contributed by atoms with Crippen molar-refractivity contribution in [1.29, 1.82) is 0 Å². The Bertz CT molecular complexity index is 1170. The number of nitro benzene ring substituents is 1. The van der Waals surface area contributed by atoms with Crippen molar-refractivity contribution in [1.82, 2.24) is 0 Å². The molecule has 0 aromatic heterocycles. The van der Waals surface area contributed by atoms with Crippen molar-refractivity contribution >= 4 is 17.1 Å². The van der Waals surface area contributed by atoms with Crippen molar-refractivity contribution in [3.63, 3.8) is 0 Å². The fourth-order valence-corrected chi connectivity index (χ4v) is 3.84. The lowest BCUT2D eigenvalue weighted by Crippen LogP contribution is -2.21. The molecule has 0 N–H and O–H groups in total. The highest BCUT2D eigenvalue weighted by molar-refractivity contribution is 5.57. The predicted octanol–water partition coefficient (Wildman–Crippen LogP) is 6.09. The van der Waals surface area contributed by atoms with Crippen molar-refractivity contribution in [2.24, 2.45) is 0 Å². The first kappa shape index (κ1) is 25.4. The number of hydrogen-bond donors (Lipinski definition) is 0. The van der Waals surface area contributed by atoms with Gasteiger partial charge in [-0.15, -0.1) is 0 Å². The van der Waals surface area contributed by atoms with Crippen LogP contribution < -0.4 is 9.80 Å². The molecule has 35 heavy (non-hydrogen) atoms. The Morgan fingerprint density at radius 3 is 1.26 bits per heavy atom. The molecule has 5 heteroatoms. The van der Waals surface area contributed by atoms with E-state index >= 15 is 0 Å². The molecular formula is C30H31N3O2. The van der Waals surface area contributed by atoms with Crippen molar-refractivity contribution < 1.29 is 4.92 Å². The summed E-state index contributed by atoms with van der Waals surface area (Å²) in [6, 6.07) is 20.9. The van der Waals surface area contributed by atoms with Crippen molar-refractivity contribution in [3.8, 4) is 23.7 Å². The van der Waals surface area contributed by atoms with Crippen LogP contribution in [0.2, 0.25) is 0 Å². The zero-order valence-electron chi connectivity index (χ0n) is 20.8. The molecule has 0 aliphatic carbocycles. The summed E-state index contributed by atoms with van der Waals surface area (Å²) in [6.07, 6.45) is 0. The molecule has 5 nitrogen and oxygen atoms in total. The van der Waals surface area contributed by atoms with E-state index in [1.807, 2.05) is 48.5 Å². The highest BCUT2D eigenvalue weighted by atomic mass is 16.6. The van der Waals surface area contributed by atoms with Crippen LogP contribution in [0, 0.1) is 33.8 Å². The molecule has 0 atom stereocenters. The summed E-state index contributed by atoms with van der Waals surface area (Å²) >= 11 is 0. The lowest BCUT2D eigenvalue weighted by Gasteiger charge is -2.20. The van der Waals surface area contributed by atoms with Gasteiger partial charge in [-0.2, -0.15) is 0 Å². The van der Waals surface area contributed by atoms with Gasteiger partial charge in [0.15, 0.2) is 0 Å². The quantitative estimate of drug-likeness (QED) is 0.241. The number of hydrogen-bond acceptors (Lipinski definition) is 4. The summed E-state index contributed by atoms with van der Waals surface area (Å²) in [5.74, 6) is 12.4. The first-order valence-corrected chi connectivity index (χ1v) is 12.0. The van der Waals surface area contributed by atoms with Crippen LogP contribution in [-0.4, -0.2) is 31.1 Å². The number of benzene rings is 3. The van der Waals surface area contributed by atoms with E-state index in [0.717, 1.165) is 48.7 Å². The minimum absolute atomic E-state index is 0.0186. The van der Waals surface area contributed by atoms with Crippen LogP contribution >= 0.6 is 0 Å². The average Bonchev–Trinajstić information content (AvgIpc) is 2.89. The Balaban J connectivity index is 1.85. The van der Waals surface area contributed by atoms with Crippen molar-refractivity contribution in [3.05, 3.63) is 99.1 Å². The first-order valence-electron chi connectivity index (χ1n) is 12.0. The van der Waals surface area contributed by atoms with E-state index in [-0.39, 0.29) is 5.69 Å². The highest BCUT2D eigenvalue weighted by Crippen LogP contribution is 2.18. The van der Waals surface area contributed by atoms with E-state index in [2.05, 4.69) is 61.2 Å². The SMILES string of the molecule is CCN(CC)c1ccc(C#Cc2cc(C#Cc3ccc(N(CC)CC)cc3)cc([N+](=O)[O-])c2)cc1. The topological polar surface area (TPSA) is 49.6 Å². The normalized spacial score (nSPS) is 9.94. The van der Waals surface area contributed by atoms with Crippen LogP contribution in [0.5, 0.6) is 0 Å². The van der Waals surface area contributed by atoms with Gasteiger partial charge in [0.25, 0.3) is 5.69 Å². The third-order valence-corrected chi connectivity index (χ3v) is 5.82. The van der Waals surface area contributed by atoms with Gasteiger partial charge < -0.3 is 9.80 Å². The van der Waals surface area contributed by atoms with Crippen LogP contribution in [0.4, 0.5) is 17.1 Å². The summed E-state index contributed by atoms with van der Waals surface area (Å²) in [6.45, 7) is 12.3. The van der Waals surface area contributed by atoms with Crippen LogP contribution in [0.15, 0.2) is 66.7 Å². The van der Waals surface area contributed by atoms with Gasteiger partial charge in [-0.3, -0.25) is 10.1 Å². The molecule has 178 valence electrons. The third-order valence-electron chi connectivity index (χ3n) is 5.82. The van der Waals surface area contributed by atoms with Gasteiger partial charge in [0.2, 0.25) is 0 Å². The summed E-state index contributed by atoms with van der Waals surface area (Å²) in [5, 5.41) is 11.5. The number of nitrogens with zero attached hydrogens (tertiary/aromatic N) is 3. The maximum absolute atomic E-state index is 11.5. The van der Waals surface area contributed by atoms with Crippen LogP contribution in [0.1, 0.15) is 49.9 Å². The highest BCUT2D eigenvalue weighted by Gasteiger charge is 2.08. The summed E-state index contributed by atoms with van der Waals surface area (Å²) in [4.78, 5) is 15.6. The Labute approximate surface area is 208 Å². The predicted molar refractivity (Wildman–Crippen MR) is 145 cm³/mol. The molecular weight excluding hydrogens is 434 g/mol. The zero-order chi connectivity index (χ0) is 25.2. The Morgan fingerprint density at radius 2 is 0.943 bits per heavy atom. The number of non-ortho nitro benzene ring substituents is 1. The second kappa shape index (κ2) is 12.3. The molecule has 0 amide bonds. The maximum Gasteiger partial charge on any atom is 0.271 e. The molecule has 0 fully saturated rings. The van der Waals surface area contributed by atoms with Crippen LogP contribution in [0.3, 0.4) is 0 Å². The van der Waals surface area contributed by atoms with E-state index in [4.69, 9.17) is 0 Å². The van der Waals surface area contributed by atoms with Gasteiger partial charge >= 0.3 is 0 Å². The number of rotatable bonds is 7. The lowest BCUT2D eigenvalue weighted by atomic mass is 10.1. The summed E-state index contributed by atoms with van der Waals surface area (Å²) in [5.41, 5.74) is 5.12. The van der Waals surface area contributed by atoms with Gasteiger partial charge in [-0.25, -0.2) is 0 Å². The van der Waals surface area contributed by atoms with Gasteiger partial charge in [0.1, 0.15) is 0 Å². The molecule has 3 aromatic rings. The molecule has 3 aromatic carbocycles. The molecule has 0 radical (unpaired) electrons. The molecule has 0 heterocycles. The standard InChI is InChI=1S/C30H31N3O2/c1-5-31(6-2)28-17-13-24(14-18-28)9-11-26-21-27(23-30(22-26)33(34)35)12-10-25-15-19-29(20-16-25)32(7-3)8-4/h13-23H,5-8H2,1-4H3. The molecule has 3 rings (SSSR count). The first-order chi connectivity index (χ1) is 17.0. The smallest absolute Gasteiger partial charge is 0.271 e. The monoisotopic (exact) mass is 465 g/mol. The fraction of sp³-hybridized carbons (Fsp3) is 0.267. The van der Waals surface area contributed by atoms with Gasteiger partial charge in [0.05, 0.1) is 4.92 Å². The third kappa shape index (κ3) is 6.88. The van der Waals surface area contributed by atoms with Gasteiger partial charge in [-0.05, 0) is 82.3 Å². The van der Waals surface area contributed by atoms with E-state index in [1.165, 1.54) is 12.1 Å². The summed E-state index contributed by atoms with van der Waals surface area (Å²) in [7, 11) is 0. The lowest BCUT2D eigenvalue weighted by molar-refractivity contribution is -0.384. The molecule has 0 saturated carbocycles. The zero-order valence-corrected chi connectivity index (χ0v) is 20.8. The van der Waals surface area contributed by atoms with E-state index in [1.54, 1.807) is 6.07 Å². The molecule has 0 saturated heterocycles. The largest absolute Gasteiger partial charge is 0.372 e. The summed E-state index contributed by atoms with van der Waals surface area (Å²) < 4.78 is 0. The number of nitro groups is 1. The average molecular weight is 466 g/mol. The van der Waals surface area contributed by atoms with Gasteiger partial charge in [0, 0.05) is 71.9 Å².